The van der Waals surface area contributed by atoms with Crippen molar-refractivity contribution < 1.29 is 0 Å². The van der Waals surface area contributed by atoms with Crippen LogP contribution in [0.1, 0.15) is 18.0 Å². The second kappa shape index (κ2) is 4.50. The zero-order valence-corrected chi connectivity index (χ0v) is 9.93. The molecular weight excluding hydrogens is 222 g/mol. The Hall–Kier alpha value is -2.34. The van der Waals surface area contributed by atoms with E-state index in [2.05, 4.69) is 22.4 Å². The fourth-order valence-electron chi connectivity index (χ4n) is 2.27. The van der Waals surface area contributed by atoms with Crippen molar-refractivity contribution in [1.82, 2.24) is 10.3 Å². The van der Waals surface area contributed by atoms with Gasteiger partial charge in [-0.1, -0.05) is 30.3 Å². The number of fused-ring (bicyclic) bond motifs is 1. The number of nitriles is 1. The summed E-state index contributed by atoms with van der Waals surface area (Å²) in [6.45, 7) is 0.918. The lowest BCUT2D eigenvalue weighted by molar-refractivity contribution is 0.802. The number of benzene rings is 1. The van der Waals surface area contributed by atoms with Gasteiger partial charge in [0.15, 0.2) is 0 Å². The van der Waals surface area contributed by atoms with E-state index >= 15 is 0 Å². The van der Waals surface area contributed by atoms with Crippen LogP contribution >= 0.6 is 0 Å². The Kier molecular flexibility index (Phi) is 2.70. The minimum absolute atomic E-state index is 0.280. The molecule has 88 valence electrons. The molecule has 3 rings (SSSR count). The van der Waals surface area contributed by atoms with E-state index in [1.807, 2.05) is 36.4 Å². The summed E-state index contributed by atoms with van der Waals surface area (Å²) in [5, 5.41) is 13.7. The van der Waals surface area contributed by atoms with E-state index in [4.69, 9.17) is 0 Å². The van der Waals surface area contributed by atoms with Gasteiger partial charge in [0.2, 0.25) is 0 Å². The summed E-state index contributed by atoms with van der Waals surface area (Å²) >= 11 is 0. The number of aromatic nitrogens is 1. The lowest BCUT2D eigenvalue weighted by Gasteiger charge is -2.11. The first-order valence-corrected chi connectivity index (χ1v) is 6.08. The molecular formula is C15H13N3. The molecule has 0 spiro atoms. The number of allylic oxidation sites excluding steroid dienone is 1. The van der Waals surface area contributed by atoms with Crippen molar-refractivity contribution in [3.8, 4) is 6.07 Å². The maximum Gasteiger partial charge on any atom is 0.127 e. The maximum absolute atomic E-state index is 9.34. The van der Waals surface area contributed by atoms with Crippen molar-refractivity contribution in [2.45, 2.75) is 12.3 Å². The van der Waals surface area contributed by atoms with Crippen LogP contribution in [-0.2, 0) is 0 Å². The molecule has 0 unspecified atom stereocenters. The first kappa shape index (κ1) is 10.8. The minimum Gasteiger partial charge on any atom is -0.387 e. The zero-order valence-electron chi connectivity index (χ0n) is 9.93. The molecule has 0 saturated heterocycles. The van der Waals surface area contributed by atoms with Gasteiger partial charge in [-0.05, 0) is 18.6 Å². The van der Waals surface area contributed by atoms with Gasteiger partial charge in [-0.25, -0.2) is 0 Å². The molecule has 18 heavy (non-hydrogen) atoms. The van der Waals surface area contributed by atoms with E-state index in [1.54, 1.807) is 0 Å². The molecule has 1 N–H and O–H groups in total. The molecule has 2 heterocycles. The number of hydrogen-bond acceptors (Lipinski definition) is 3. The Morgan fingerprint density at radius 3 is 2.89 bits per heavy atom. The summed E-state index contributed by atoms with van der Waals surface area (Å²) in [5.74, 6) is -0.280. The number of pyridine rings is 1. The number of nitrogens with zero attached hydrogens (tertiary/aromatic N) is 2. The van der Waals surface area contributed by atoms with Crippen molar-refractivity contribution in [2.24, 2.45) is 0 Å². The smallest absolute Gasteiger partial charge is 0.127 e. The summed E-state index contributed by atoms with van der Waals surface area (Å²) in [6, 6.07) is 14.3. The van der Waals surface area contributed by atoms with Gasteiger partial charge in [0.1, 0.15) is 5.92 Å². The fraction of sp³-hybridized carbons (Fsp3) is 0.200. The first-order chi connectivity index (χ1) is 8.88. The van der Waals surface area contributed by atoms with Crippen LogP contribution < -0.4 is 5.32 Å². The quantitative estimate of drug-likeness (QED) is 0.870. The van der Waals surface area contributed by atoms with E-state index in [-0.39, 0.29) is 5.92 Å². The molecule has 1 aromatic heterocycles. The van der Waals surface area contributed by atoms with Gasteiger partial charge in [-0.15, -0.1) is 0 Å². The van der Waals surface area contributed by atoms with Crippen molar-refractivity contribution in [2.75, 3.05) is 6.54 Å². The molecule has 1 aliphatic heterocycles. The summed E-state index contributed by atoms with van der Waals surface area (Å²) in [5.41, 5.74) is 2.74. The van der Waals surface area contributed by atoms with Crippen molar-refractivity contribution in [3.63, 3.8) is 0 Å². The molecule has 0 amide bonds. The molecule has 0 aliphatic carbocycles. The molecule has 0 radical (unpaired) electrons. The van der Waals surface area contributed by atoms with Crippen LogP contribution in [0, 0.1) is 11.3 Å². The molecule has 3 heteroatoms. The van der Waals surface area contributed by atoms with Crippen molar-refractivity contribution in [3.05, 3.63) is 53.9 Å². The average Bonchev–Trinajstić information content (AvgIpc) is 2.93. The monoisotopic (exact) mass is 235 g/mol. The average molecular weight is 235 g/mol. The van der Waals surface area contributed by atoms with E-state index in [9.17, 15) is 5.26 Å². The Morgan fingerprint density at radius 2 is 2.11 bits per heavy atom. The van der Waals surface area contributed by atoms with Gasteiger partial charge in [-0.2, -0.15) is 5.26 Å². The van der Waals surface area contributed by atoms with E-state index in [0.717, 1.165) is 35.3 Å². The number of para-hydroxylation sites is 1. The van der Waals surface area contributed by atoms with E-state index in [1.165, 1.54) is 0 Å². The van der Waals surface area contributed by atoms with Crippen LogP contribution in [-0.4, -0.2) is 11.5 Å². The Morgan fingerprint density at radius 1 is 1.22 bits per heavy atom. The second-order valence-electron chi connectivity index (χ2n) is 4.37. The molecule has 1 atom stereocenters. The second-order valence-corrected chi connectivity index (χ2v) is 4.37. The summed E-state index contributed by atoms with van der Waals surface area (Å²) < 4.78 is 0. The molecule has 1 aliphatic rings. The van der Waals surface area contributed by atoms with Crippen LogP contribution in [0.3, 0.4) is 0 Å². The van der Waals surface area contributed by atoms with Gasteiger partial charge >= 0.3 is 0 Å². The van der Waals surface area contributed by atoms with Crippen LogP contribution in [0.5, 0.6) is 0 Å². The molecule has 3 nitrogen and oxygen atoms in total. The van der Waals surface area contributed by atoms with Gasteiger partial charge in [-0.3, -0.25) is 4.98 Å². The normalized spacial score (nSPS) is 15.8. The predicted molar refractivity (Wildman–Crippen MR) is 70.8 cm³/mol. The molecule has 0 bridgehead atoms. The lowest BCUT2D eigenvalue weighted by Crippen LogP contribution is -2.14. The lowest BCUT2D eigenvalue weighted by atomic mass is 10.0. The number of nitrogens with one attached hydrogen (secondary N) is 1. The van der Waals surface area contributed by atoms with Crippen LogP contribution in [0.15, 0.2) is 48.2 Å². The number of hydrogen-bond donors (Lipinski definition) is 1. The van der Waals surface area contributed by atoms with Crippen molar-refractivity contribution >= 4 is 10.9 Å². The largest absolute Gasteiger partial charge is 0.387 e. The van der Waals surface area contributed by atoms with Gasteiger partial charge < -0.3 is 5.32 Å². The molecule has 1 aromatic carbocycles. The maximum atomic E-state index is 9.34. The Bertz CT molecular complexity index is 652. The Balaban J connectivity index is 2.05. The zero-order chi connectivity index (χ0) is 12.4. The van der Waals surface area contributed by atoms with Gasteiger partial charge in [0.25, 0.3) is 0 Å². The van der Waals surface area contributed by atoms with E-state index < -0.39 is 0 Å². The molecule has 0 fully saturated rings. The predicted octanol–water partition coefficient (Wildman–Crippen LogP) is 2.72. The van der Waals surface area contributed by atoms with Crippen LogP contribution in [0.2, 0.25) is 0 Å². The molecule has 2 aromatic rings. The standard InChI is InChI=1S/C15H13N3/c16-10-12(14-6-3-9-17-14)15-8-7-11-4-1-2-5-13(11)18-15/h1-2,4-8,12,17H,3,9H2/t12-/m1/s1. The topological polar surface area (TPSA) is 48.7 Å². The van der Waals surface area contributed by atoms with Crippen molar-refractivity contribution in [1.29, 1.82) is 5.26 Å². The number of rotatable bonds is 2. The highest BCUT2D eigenvalue weighted by Gasteiger charge is 2.19. The summed E-state index contributed by atoms with van der Waals surface area (Å²) in [4.78, 5) is 4.59. The molecule has 0 saturated carbocycles. The first-order valence-electron chi connectivity index (χ1n) is 6.08. The summed E-state index contributed by atoms with van der Waals surface area (Å²) in [7, 11) is 0. The van der Waals surface area contributed by atoms with Gasteiger partial charge in [0.05, 0.1) is 17.3 Å². The third kappa shape index (κ3) is 1.82. The van der Waals surface area contributed by atoms with Crippen LogP contribution in [0.25, 0.3) is 10.9 Å². The third-order valence-corrected chi connectivity index (χ3v) is 3.19. The van der Waals surface area contributed by atoms with Crippen LogP contribution in [0.4, 0.5) is 0 Å². The highest BCUT2D eigenvalue weighted by atomic mass is 14.9. The fourth-order valence-corrected chi connectivity index (χ4v) is 2.27. The van der Waals surface area contributed by atoms with Gasteiger partial charge in [0, 0.05) is 17.6 Å². The summed E-state index contributed by atoms with van der Waals surface area (Å²) in [6.07, 6.45) is 3.08. The minimum atomic E-state index is -0.280. The Labute approximate surface area is 106 Å². The van der Waals surface area contributed by atoms with E-state index in [0.29, 0.717) is 0 Å². The highest BCUT2D eigenvalue weighted by molar-refractivity contribution is 5.78. The highest BCUT2D eigenvalue weighted by Crippen LogP contribution is 2.24. The SMILES string of the molecule is N#C[C@H](C1=CCCN1)c1ccc2ccccc2n1. The third-order valence-electron chi connectivity index (χ3n) is 3.19.